The van der Waals surface area contributed by atoms with Crippen LogP contribution in [0.5, 0.6) is 0 Å². The van der Waals surface area contributed by atoms with E-state index in [-0.39, 0.29) is 16.7 Å². The van der Waals surface area contributed by atoms with Crippen LogP contribution < -0.4 is 5.32 Å². The molecule has 0 fully saturated rings. The summed E-state index contributed by atoms with van der Waals surface area (Å²) in [7, 11) is 0. The molecule has 1 atom stereocenters. The lowest BCUT2D eigenvalue weighted by atomic mass is 10.1. The first-order valence-corrected chi connectivity index (χ1v) is 7.37. The first kappa shape index (κ1) is 15.6. The summed E-state index contributed by atoms with van der Waals surface area (Å²) in [5.74, 6) is 1.70. The summed E-state index contributed by atoms with van der Waals surface area (Å²) in [6.07, 6.45) is 0. The Hall–Kier alpha value is -1.82. The standard InChI is InChI=1S/C15H17BrN2O3/c1-8-5-13(16)14(7-15(8)18(19)20)17-10(3)12-6-9(2)21-11(12)4/h5-7,10,17H,1-4H3. The monoisotopic (exact) mass is 352 g/mol. The fourth-order valence-electron chi connectivity index (χ4n) is 2.36. The van der Waals surface area contributed by atoms with Gasteiger partial charge in [0.15, 0.2) is 0 Å². The molecule has 1 N–H and O–H groups in total. The van der Waals surface area contributed by atoms with Gasteiger partial charge in [-0.05, 0) is 55.8 Å². The van der Waals surface area contributed by atoms with Gasteiger partial charge in [0.1, 0.15) is 11.5 Å². The molecule has 0 aliphatic rings. The third-order valence-corrected chi connectivity index (χ3v) is 4.06. The van der Waals surface area contributed by atoms with Crippen LogP contribution in [0.3, 0.4) is 0 Å². The molecule has 1 unspecified atom stereocenters. The lowest BCUT2D eigenvalue weighted by Gasteiger charge is -2.16. The van der Waals surface area contributed by atoms with E-state index in [1.807, 2.05) is 26.8 Å². The molecule has 0 bridgehead atoms. The molecule has 112 valence electrons. The van der Waals surface area contributed by atoms with E-state index in [4.69, 9.17) is 4.42 Å². The summed E-state index contributed by atoms with van der Waals surface area (Å²) in [5, 5.41) is 14.3. The van der Waals surface area contributed by atoms with Crippen molar-refractivity contribution in [2.75, 3.05) is 5.32 Å². The van der Waals surface area contributed by atoms with Crippen molar-refractivity contribution in [3.05, 3.63) is 55.4 Å². The summed E-state index contributed by atoms with van der Waals surface area (Å²) in [4.78, 5) is 10.7. The second kappa shape index (κ2) is 5.89. The van der Waals surface area contributed by atoms with E-state index in [0.717, 1.165) is 21.6 Å². The molecule has 1 aromatic carbocycles. The highest BCUT2D eigenvalue weighted by Gasteiger charge is 2.18. The zero-order valence-electron chi connectivity index (χ0n) is 12.4. The van der Waals surface area contributed by atoms with E-state index in [1.165, 1.54) is 0 Å². The Kier molecular flexibility index (Phi) is 4.37. The van der Waals surface area contributed by atoms with Crippen molar-refractivity contribution < 1.29 is 9.34 Å². The Morgan fingerprint density at radius 2 is 1.95 bits per heavy atom. The number of benzene rings is 1. The quantitative estimate of drug-likeness (QED) is 0.617. The highest BCUT2D eigenvalue weighted by molar-refractivity contribution is 9.10. The molecular weight excluding hydrogens is 336 g/mol. The van der Waals surface area contributed by atoms with Crippen LogP contribution in [-0.4, -0.2) is 4.92 Å². The zero-order chi connectivity index (χ0) is 15.7. The van der Waals surface area contributed by atoms with Crippen LogP contribution in [-0.2, 0) is 0 Å². The summed E-state index contributed by atoms with van der Waals surface area (Å²) in [5.41, 5.74) is 2.47. The SMILES string of the molecule is Cc1cc(C(C)Nc2cc([N+](=O)[O-])c(C)cc2Br)c(C)o1. The van der Waals surface area contributed by atoms with Gasteiger partial charge in [0, 0.05) is 21.7 Å². The Bertz CT molecular complexity index is 694. The smallest absolute Gasteiger partial charge is 0.274 e. The molecule has 0 aliphatic carbocycles. The van der Waals surface area contributed by atoms with Gasteiger partial charge >= 0.3 is 0 Å². The molecule has 6 heteroatoms. The van der Waals surface area contributed by atoms with E-state index < -0.39 is 0 Å². The minimum atomic E-state index is -0.370. The van der Waals surface area contributed by atoms with Gasteiger partial charge in [0.25, 0.3) is 5.69 Å². The van der Waals surface area contributed by atoms with Gasteiger partial charge in [0.05, 0.1) is 16.7 Å². The maximum atomic E-state index is 11.0. The fourth-order valence-corrected chi connectivity index (χ4v) is 2.93. The molecule has 5 nitrogen and oxygen atoms in total. The van der Waals surface area contributed by atoms with Crippen molar-refractivity contribution in [3.63, 3.8) is 0 Å². The van der Waals surface area contributed by atoms with E-state index in [0.29, 0.717) is 11.3 Å². The van der Waals surface area contributed by atoms with Gasteiger partial charge in [-0.2, -0.15) is 0 Å². The third kappa shape index (κ3) is 3.26. The molecular formula is C15H17BrN2O3. The molecule has 21 heavy (non-hydrogen) atoms. The topological polar surface area (TPSA) is 68.3 Å². The average Bonchev–Trinajstić information content (AvgIpc) is 2.71. The second-order valence-electron chi connectivity index (χ2n) is 5.11. The van der Waals surface area contributed by atoms with Crippen LogP contribution in [0.25, 0.3) is 0 Å². The normalized spacial score (nSPS) is 12.2. The van der Waals surface area contributed by atoms with Crippen LogP contribution >= 0.6 is 15.9 Å². The summed E-state index contributed by atoms with van der Waals surface area (Å²) in [6, 6.07) is 5.27. The van der Waals surface area contributed by atoms with Gasteiger partial charge in [0.2, 0.25) is 0 Å². The molecule has 0 saturated carbocycles. The zero-order valence-corrected chi connectivity index (χ0v) is 13.9. The van der Waals surface area contributed by atoms with Crippen molar-refractivity contribution in [3.8, 4) is 0 Å². The lowest BCUT2D eigenvalue weighted by molar-refractivity contribution is -0.385. The van der Waals surface area contributed by atoms with Gasteiger partial charge in [-0.25, -0.2) is 0 Å². The van der Waals surface area contributed by atoms with Crippen molar-refractivity contribution in [1.82, 2.24) is 0 Å². The molecule has 0 amide bonds. The molecule has 2 rings (SSSR count). The van der Waals surface area contributed by atoms with Gasteiger partial charge in [-0.1, -0.05) is 0 Å². The Morgan fingerprint density at radius 1 is 1.29 bits per heavy atom. The van der Waals surface area contributed by atoms with Crippen molar-refractivity contribution >= 4 is 27.3 Å². The minimum absolute atomic E-state index is 0.0129. The highest BCUT2D eigenvalue weighted by Crippen LogP contribution is 2.33. The van der Waals surface area contributed by atoms with E-state index in [2.05, 4.69) is 21.2 Å². The number of nitro benzene ring substituents is 1. The number of anilines is 1. The molecule has 0 saturated heterocycles. The molecule has 0 spiro atoms. The first-order chi connectivity index (χ1) is 9.79. The number of nitrogens with one attached hydrogen (secondary N) is 1. The summed E-state index contributed by atoms with van der Waals surface area (Å²) in [6.45, 7) is 7.53. The predicted octanol–water partition coefficient (Wildman–Crippen LogP) is 5.05. The minimum Gasteiger partial charge on any atom is -0.466 e. The van der Waals surface area contributed by atoms with Crippen LogP contribution in [0.2, 0.25) is 0 Å². The molecule has 1 heterocycles. The second-order valence-corrected chi connectivity index (χ2v) is 5.96. The predicted molar refractivity (Wildman–Crippen MR) is 85.8 cm³/mol. The highest BCUT2D eigenvalue weighted by atomic mass is 79.9. The molecule has 2 aromatic rings. The van der Waals surface area contributed by atoms with E-state index >= 15 is 0 Å². The number of rotatable bonds is 4. The Labute approximate surface area is 131 Å². The maximum absolute atomic E-state index is 11.0. The molecule has 0 aliphatic heterocycles. The number of furan rings is 1. The fraction of sp³-hybridized carbons (Fsp3) is 0.333. The molecule has 0 radical (unpaired) electrons. The first-order valence-electron chi connectivity index (χ1n) is 6.57. The lowest BCUT2D eigenvalue weighted by Crippen LogP contribution is -2.08. The maximum Gasteiger partial charge on any atom is 0.274 e. The third-order valence-electron chi connectivity index (χ3n) is 3.40. The van der Waals surface area contributed by atoms with E-state index in [1.54, 1.807) is 19.1 Å². The van der Waals surface area contributed by atoms with Crippen LogP contribution in [0.4, 0.5) is 11.4 Å². The van der Waals surface area contributed by atoms with Crippen LogP contribution in [0.15, 0.2) is 27.1 Å². The summed E-state index contributed by atoms with van der Waals surface area (Å²) >= 11 is 3.45. The van der Waals surface area contributed by atoms with Gasteiger partial charge in [-0.3, -0.25) is 10.1 Å². The van der Waals surface area contributed by atoms with Crippen LogP contribution in [0.1, 0.15) is 35.6 Å². The van der Waals surface area contributed by atoms with E-state index in [9.17, 15) is 10.1 Å². The van der Waals surface area contributed by atoms with Gasteiger partial charge < -0.3 is 9.73 Å². The van der Waals surface area contributed by atoms with Crippen molar-refractivity contribution in [1.29, 1.82) is 0 Å². The Balaban J connectivity index is 2.33. The molecule has 1 aromatic heterocycles. The van der Waals surface area contributed by atoms with Crippen molar-refractivity contribution in [2.24, 2.45) is 0 Å². The number of halogens is 1. The average molecular weight is 353 g/mol. The van der Waals surface area contributed by atoms with Gasteiger partial charge in [-0.15, -0.1) is 0 Å². The number of nitrogens with zero attached hydrogens (tertiary/aromatic N) is 1. The largest absolute Gasteiger partial charge is 0.466 e. The number of hydrogen-bond donors (Lipinski definition) is 1. The number of hydrogen-bond acceptors (Lipinski definition) is 4. The van der Waals surface area contributed by atoms with Crippen molar-refractivity contribution in [2.45, 2.75) is 33.7 Å². The number of aryl methyl sites for hydroxylation is 3. The Morgan fingerprint density at radius 3 is 2.48 bits per heavy atom. The van der Waals surface area contributed by atoms with Crippen LogP contribution in [0, 0.1) is 30.9 Å². The number of nitro groups is 1. The summed E-state index contributed by atoms with van der Waals surface area (Å²) < 4.78 is 6.33.